The Kier molecular flexibility index (Phi) is 3.40. The highest BCUT2D eigenvalue weighted by Gasteiger charge is 2.50. The molecule has 0 aliphatic carbocycles. The van der Waals surface area contributed by atoms with Gasteiger partial charge in [-0.2, -0.15) is 0 Å². The minimum Gasteiger partial charge on any atom is -0.264 e. The smallest absolute Gasteiger partial charge is 0.203 e. The number of fused-ring (bicyclic) bond motifs is 3. The predicted octanol–water partition coefficient (Wildman–Crippen LogP) is 2.75. The van der Waals surface area contributed by atoms with E-state index in [0.717, 1.165) is 0 Å². The third kappa shape index (κ3) is 1.93. The summed E-state index contributed by atoms with van der Waals surface area (Å²) in [5.74, 6) is 0. The molecule has 1 aliphatic rings. The summed E-state index contributed by atoms with van der Waals surface area (Å²) in [5.41, 5.74) is 4.01. The van der Waals surface area contributed by atoms with Crippen molar-refractivity contribution in [1.29, 1.82) is 0 Å². The molecule has 2 heterocycles. The van der Waals surface area contributed by atoms with Crippen molar-refractivity contribution < 1.29 is 0 Å². The molecule has 1 nitrogen and oxygen atoms in total. The van der Waals surface area contributed by atoms with Crippen LogP contribution in [0.5, 0.6) is 0 Å². The molecule has 0 saturated carbocycles. The highest BCUT2D eigenvalue weighted by atomic mass is 28.3. The molecule has 0 saturated heterocycles. The maximum absolute atomic E-state index is 4.98. The zero-order valence-corrected chi connectivity index (χ0v) is 15.7. The van der Waals surface area contributed by atoms with Crippen LogP contribution in [0.3, 0.4) is 0 Å². The number of nitrogens with zero attached hydrogens (tertiary/aromatic N) is 1. The summed E-state index contributed by atoms with van der Waals surface area (Å²) in [6, 6.07) is 33.0. The molecule has 0 N–H and O–H groups in total. The highest BCUT2D eigenvalue weighted by Crippen LogP contribution is 2.28. The van der Waals surface area contributed by atoms with Gasteiger partial charge in [0.15, 0.2) is 0 Å². The first-order chi connectivity index (χ1) is 12.8. The van der Waals surface area contributed by atoms with Gasteiger partial charge in [0.1, 0.15) is 0 Å². The van der Waals surface area contributed by atoms with Crippen LogP contribution < -0.4 is 20.9 Å². The van der Waals surface area contributed by atoms with E-state index in [4.69, 9.17) is 4.98 Å². The van der Waals surface area contributed by atoms with Crippen molar-refractivity contribution in [2.75, 3.05) is 0 Å². The van der Waals surface area contributed by atoms with E-state index in [1.165, 1.54) is 37.6 Å². The van der Waals surface area contributed by atoms with Gasteiger partial charge in [-0.25, -0.2) is 0 Å². The zero-order chi connectivity index (χ0) is 17.6. The van der Waals surface area contributed by atoms with Crippen LogP contribution in [-0.2, 0) is 0 Å². The number of hydrogen-bond donors (Lipinski definition) is 0. The lowest BCUT2D eigenvalue weighted by Crippen LogP contribution is -2.74. The summed E-state index contributed by atoms with van der Waals surface area (Å²) in [6.45, 7) is 2.25. The van der Waals surface area contributed by atoms with Crippen molar-refractivity contribution in [3.05, 3.63) is 103 Å². The van der Waals surface area contributed by atoms with Gasteiger partial charge >= 0.3 is 0 Å². The first-order valence-electron chi connectivity index (χ1n) is 9.00. The summed E-state index contributed by atoms with van der Waals surface area (Å²) < 4.78 is 0. The van der Waals surface area contributed by atoms with Crippen LogP contribution >= 0.6 is 0 Å². The number of benzene rings is 3. The van der Waals surface area contributed by atoms with Crippen LogP contribution in [0.15, 0.2) is 97.2 Å². The second-order valence-electron chi connectivity index (χ2n) is 6.88. The van der Waals surface area contributed by atoms with Crippen LogP contribution in [0, 0.1) is 6.92 Å². The summed E-state index contributed by atoms with van der Waals surface area (Å²) in [6.07, 6.45) is 1.95. The maximum Gasteiger partial charge on any atom is 0.203 e. The maximum atomic E-state index is 4.98. The lowest BCUT2D eigenvalue weighted by Gasteiger charge is -2.31. The normalized spacial score (nSPS) is 13.9. The van der Waals surface area contributed by atoms with Gasteiger partial charge in [0.05, 0.1) is 0 Å². The Morgan fingerprint density at radius 3 is 1.88 bits per heavy atom. The fraction of sp³-hybridized carbons (Fsp3) is 0.0417. The summed E-state index contributed by atoms with van der Waals surface area (Å²) in [5, 5.41) is 5.56. The molecular weight excluding hydrogens is 330 g/mol. The monoisotopic (exact) mass is 349 g/mol. The SMILES string of the molecule is Cc1cccc2c1[Si](c1ccccc1)(c1ccccc1)c1ncccc1-2. The molecule has 0 atom stereocenters. The molecule has 26 heavy (non-hydrogen) atoms. The minimum atomic E-state index is -2.38. The average molecular weight is 350 g/mol. The molecule has 124 valence electrons. The molecule has 0 fully saturated rings. The van der Waals surface area contributed by atoms with Gasteiger partial charge in [-0.1, -0.05) is 90.5 Å². The van der Waals surface area contributed by atoms with Crippen molar-refractivity contribution in [2.24, 2.45) is 0 Å². The summed E-state index contributed by atoms with van der Waals surface area (Å²) in [7, 11) is -2.38. The van der Waals surface area contributed by atoms with Gasteiger partial charge in [-0.3, -0.25) is 4.98 Å². The number of aryl methyl sites for hydroxylation is 1. The van der Waals surface area contributed by atoms with Gasteiger partial charge in [-0.15, -0.1) is 0 Å². The topological polar surface area (TPSA) is 12.9 Å². The third-order valence-electron chi connectivity index (χ3n) is 5.51. The number of hydrogen-bond acceptors (Lipinski definition) is 1. The highest BCUT2D eigenvalue weighted by molar-refractivity contribution is 7.22. The molecule has 4 aromatic rings. The van der Waals surface area contributed by atoms with Gasteiger partial charge in [-0.05, 0) is 39.7 Å². The number of pyridine rings is 1. The van der Waals surface area contributed by atoms with Crippen molar-refractivity contribution in [2.45, 2.75) is 6.92 Å². The first kappa shape index (κ1) is 15.3. The van der Waals surface area contributed by atoms with Crippen LogP contribution in [0.2, 0.25) is 0 Å². The van der Waals surface area contributed by atoms with E-state index in [2.05, 4.69) is 97.9 Å². The Morgan fingerprint density at radius 2 is 1.23 bits per heavy atom. The Labute approximate surface area is 155 Å². The van der Waals surface area contributed by atoms with Crippen LogP contribution in [0.4, 0.5) is 0 Å². The quantitative estimate of drug-likeness (QED) is 0.447. The second-order valence-corrected chi connectivity index (χ2v) is 10.5. The van der Waals surface area contributed by atoms with Crippen molar-refractivity contribution in [3.63, 3.8) is 0 Å². The van der Waals surface area contributed by atoms with Crippen molar-refractivity contribution in [1.82, 2.24) is 4.98 Å². The lowest BCUT2D eigenvalue weighted by atomic mass is 10.1. The van der Waals surface area contributed by atoms with Crippen LogP contribution in [0.1, 0.15) is 5.56 Å². The Balaban J connectivity index is 2.01. The molecule has 1 aromatic heterocycles. The van der Waals surface area contributed by atoms with E-state index < -0.39 is 8.07 Å². The summed E-state index contributed by atoms with van der Waals surface area (Å²) >= 11 is 0. The molecule has 0 radical (unpaired) electrons. The third-order valence-corrected chi connectivity index (χ3v) is 10.4. The molecule has 0 bridgehead atoms. The average Bonchev–Trinajstić information content (AvgIpc) is 3.02. The predicted molar refractivity (Wildman–Crippen MR) is 112 cm³/mol. The Bertz CT molecular complexity index is 1050. The molecule has 3 aromatic carbocycles. The number of aromatic nitrogens is 1. The fourth-order valence-corrected chi connectivity index (χ4v) is 9.80. The standard InChI is InChI=1S/C24H19NSi/c1-18-10-8-15-21-22-16-9-17-25-24(22)26(23(18)21,19-11-4-2-5-12-19)20-13-6-3-7-14-20/h2-17H,1H3. The minimum absolute atomic E-state index is 1.27. The van der Waals surface area contributed by atoms with Gasteiger partial charge in [0, 0.05) is 11.5 Å². The molecular formula is C24H19NSi. The van der Waals surface area contributed by atoms with E-state index in [-0.39, 0.29) is 0 Å². The second kappa shape index (κ2) is 5.79. The first-order valence-corrected chi connectivity index (χ1v) is 11.0. The van der Waals surface area contributed by atoms with E-state index in [1.807, 2.05) is 6.20 Å². The van der Waals surface area contributed by atoms with E-state index in [1.54, 1.807) is 0 Å². The van der Waals surface area contributed by atoms with Crippen molar-refractivity contribution in [3.8, 4) is 11.1 Å². The molecule has 2 heteroatoms. The Morgan fingerprint density at radius 1 is 0.615 bits per heavy atom. The largest absolute Gasteiger partial charge is 0.264 e. The molecule has 0 spiro atoms. The van der Waals surface area contributed by atoms with E-state index in [9.17, 15) is 0 Å². The van der Waals surface area contributed by atoms with Crippen LogP contribution in [-0.4, -0.2) is 13.1 Å². The molecule has 0 unspecified atom stereocenters. The fourth-order valence-electron chi connectivity index (χ4n) is 4.53. The van der Waals surface area contributed by atoms with Crippen LogP contribution in [0.25, 0.3) is 11.1 Å². The summed E-state index contributed by atoms with van der Waals surface area (Å²) in [4.78, 5) is 4.98. The van der Waals surface area contributed by atoms with Gasteiger partial charge < -0.3 is 0 Å². The number of rotatable bonds is 2. The van der Waals surface area contributed by atoms with Gasteiger partial charge in [0.25, 0.3) is 0 Å². The van der Waals surface area contributed by atoms with Gasteiger partial charge in [0.2, 0.25) is 8.07 Å². The zero-order valence-electron chi connectivity index (χ0n) is 14.7. The molecule has 1 aliphatic heterocycles. The van der Waals surface area contributed by atoms with E-state index >= 15 is 0 Å². The molecule has 0 amide bonds. The lowest BCUT2D eigenvalue weighted by molar-refractivity contribution is 1.38. The van der Waals surface area contributed by atoms with E-state index in [0.29, 0.717) is 0 Å². The van der Waals surface area contributed by atoms with Crippen molar-refractivity contribution >= 4 is 29.0 Å². The Hall–Kier alpha value is -2.97. The molecule has 5 rings (SSSR count).